The molecule has 0 aromatic carbocycles. The first-order chi connectivity index (χ1) is 11.8. The molecule has 0 atom stereocenters. The molecule has 0 N–H and O–H groups in total. The molecule has 2 aliphatic heterocycles. The van der Waals surface area contributed by atoms with Crippen molar-refractivity contribution in [3.05, 3.63) is 41.5 Å². The van der Waals surface area contributed by atoms with Gasteiger partial charge in [-0.05, 0) is 30.5 Å². The van der Waals surface area contributed by atoms with Crippen LogP contribution in [0.1, 0.15) is 29.8 Å². The van der Waals surface area contributed by atoms with Gasteiger partial charge in [0.05, 0.1) is 23.7 Å². The number of ether oxygens (including phenoxy) is 1. The van der Waals surface area contributed by atoms with Gasteiger partial charge < -0.3 is 9.64 Å². The van der Waals surface area contributed by atoms with Crippen LogP contribution < -0.4 is 4.90 Å². The van der Waals surface area contributed by atoms with Gasteiger partial charge in [-0.3, -0.25) is 9.98 Å². The third-order valence-electron chi connectivity index (χ3n) is 4.69. The Bertz CT molecular complexity index is 753. The van der Waals surface area contributed by atoms with Gasteiger partial charge in [0.15, 0.2) is 0 Å². The largest absolute Gasteiger partial charge is 0.381 e. The Morgan fingerprint density at radius 1 is 1.21 bits per heavy atom. The quantitative estimate of drug-likeness (QED) is 0.864. The van der Waals surface area contributed by atoms with Crippen molar-refractivity contribution in [2.24, 2.45) is 4.99 Å². The summed E-state index contributed by atoms with van der Waals surface area (Å²) in [5, 5.41) is 0. The number of hydrogen-bond donors (Lipinski definition) is 0. The van der Waals surface area contributed by atoms with Crippen LogP contribution in [0, 0.1) is 0 Å². The van der Waals surface area contributed by atoms with Gasteiger partial charge in [-0.25, -0.2) is 9.97 Å². The van der Waals surface area contributed by atoms with Crippen LogP contribution in [-0.2, 0) is 17.6 Å². The fraction of sp³-hybridized carbons (Fsp3) is 0.444. The topological polar surface area (TPSA) is 63.5 Å². The minimum Gasteiger partial charge on any atom is -0.381 e. The lowest BCUT2D eigenvalue weighted by molar-refractivity contribution is 0.0816. The smallest absolute Gasteiger partial charge is 0.225 e. The summed E-state index contributed by atoms with van der Waals surface area (Å²) in [6.07, 6.45) is 9.66. The molecule has 6 heteroatoms. The van der Waals surface area contributed by atoms with Crippen molar-refractivity contribution >= 4 is 17.9 Å². The molecular formula is C18H21N5O. The first-order valence-electron chi connectivity index (χ1n) is 8.42. The monoisotopic (exact) mass is 323 g/mol. The maximum atomic E-state index is 5.43. The lowest BCUT2D eigenvalue weighted by Gasteiger charge is -2.31. The number of aromatic nitrogens is 3. The zero-order chi connectivity index (χ0) is 16.4. The van der Waals surface area contributed by atoms with E-state index in [1.165, 1.54) is 5.56 Å². The van der Waals surface area contributed by atoms with E-state index >= 15 is 0 Å². The van der Waals surface area contributed by atoms with E-state index < -0.39 is 0 Å². The minimum absolute atomic E-state index is 0.363. The SMILES string of the molecule is COC1CCN(c2nccc(Cc3cc4c(cn3)N=CC4)n2)CC1. The molecule has 2 aromatic rings. The number of nitrogens with zero attached hydrogens (tertiary/aromatic N) is 5. The lowest BCUT2D eigenvalue weighted by atomic mass is 10.1. The van der Waals surface area contributed by atoms with E-state index in [1.54, 1.807) is 7.11 Å². The van der Waals surface area contributed by atoms with Gasteiger partial charge in [-0.1, -0.05) is 0 Å². The normalized spacial score (nSPS) is 17.3. The van der Waals surface area contributed by atoms with Gasteiger partial charge in [0.2, 0.25) is 5.95 Å². The van der Waals surface area contributed by atoms with Crippen LogP contribution in [0.5, 0.6) is 0 Å². The van der Waals surface area contributed by atoms with Crippen LogP contribution in [-0.4, -0.2) is 47.5 Å². The summed E-state index contributed by atoms with van der Waals surface area (Å²) in [5.74, 6) is 0.812. The Morgan fingerprint density at radius 2 is 2.08 bits per heavy atom. The van der Waals surface area contributed by atoms with Crippen molar-refractivity contribution in [1.29, 1.82) is 0 Å². The van der Waals surface area contributed by atoms with Crippen LogP contribution in [0.2, 0.25) is 0 Å². The molecule has 0 radical (unpaired) electrons. The second kappa shape index (κ2) is 6.65. The van der Waals surface area contributed by atoms with E-state index in [0.717, 1.165) is 61.8 Å². The molecule has 1 fully saturated rings. The number of methoxy groups -OCH3 is 1. The molecule has 0 amide bonds. The maximum absolute atomic E-state index is 5.43. The van der Waals surface area contributed by atoms with E-state index in [0.29, 0.717) is 6.10 Å². The Kier molecular flexibility index (Phi) is 4.21. The minimum atomic E-state index is 0.363. The van der Waals surface area contributed by atoms with Crippen LogP contribution >= 0.6 is 0 Å². The molecule has 1 saturated heterocycles. The van der Waals surface area contributed by atoms with Gasteiger partial charge in [0.25, 0.3) is 0 Å². The molecule has 6 nitrogen and oxygen atoms in total. The summed E-state index contributed by atoms with van der Waals surface area (Å²) >= 11 is 0. The number of hydrogen-bond acceptors (Lipinski definition) is 6. The first kappa shape index (κ1) is 15.2. The maximum Gasteiger partial charge on any atom is 0.225 e. The Labute approximate surface area is 141 Å². The van der Waals surface area contributed by atoms with E-state index in [1.807, 2.05) is 24.7 Å². The molecule has 2 aromatic heterocycles. The van der Waals surface area contributed by atoms with Crippen LogP contribution in [0.15, 0.2) is 29.5 Å². The zero-order valence-corrected chi connectivity index (χ0v) is 13.9. The van der Waals surface area contributed by atoms with E-state index in [9.17, 15) is 0 Å². The number of aliphatic imine (C=N–C) groups is 1. The third kappa shape index (κ3) is 3.14. The molecule has 0 bridgehead atoms. The summed E-state index contributed by atoms with van der Waals surface area (Å²) in [6, 6.07) is 4.10. The molecule has 0 aliphatic carbocycles. The van der Waals surface area contributed by atoms with E-state index in [2.05, 4.69) is 25.9 Å². The molecule has 0 saturated carbocycles. The second-order valence-electron chi connectivity index (χ2n) is 6.27. The van der Waals surface area contributed by atoms with Gasteiger partial charge in [0, 0.05) is 51.1 Å². The first-order valence-corrected chi connectivity index (χ1v) is 8.42. The molecule has 4 heterocycles. The summed E-state index contributed by atoms with van der Waals surface area (Å²) < 4.78 is 5.43. The van der Waals surface area contributed by atoms with Crippen molar-refractivity contribution in [2.75, 3.05) is 25.1 Å². The van der Waals surface area contributed by atoms with Crippen molar-refractivity contribution < 1.29 is 4.74 Å². The Balaban J connectivity index is 1.47. The van der Waals surface area contributed by atoms with Crippen LogP contribution in [0.3, 0.4) is 0 Å². The number of pyridine rings is 1. The molecular weight excluding hydrogens is 302 g/mol. The van der Waals surface area contributed by atoms with Gasteiger partial charge in [-0.15, -0.1) is 0 Å². The van der Waals surface area contributed by atoms with E-state index in [-0.39, 0.29) is 0 Å². The highest BCUT2D eigenvalue weighted by atomic mass is 16.5. The Morgan fingerprint density at radius 3 is 2.92 bits per heavy atom. The summed E-state index contributed by atoms with van der Waals surface area (Å²) in [7, 11) is 1.78. The van der Waals surface area contributed by atoms with Gasteiger partial charge in [-0.2, -0.15) is 0 Å². The standard InChI is InChI=1S/C18H21N5O/c1-24-16-4-8-23(9-5-16)18-20-7-3-14(22-18)11-15-10-13-2-6-19-17(13)12-21-15/h3,6-7,10,12,16H,2,4-5,8-9,11H2,1H3. The predicted molar refractivity (Wildman–Crippen MR) is 93.2 cm³/mol. The van der Waals surface area contributed by atoms with Gasteiger partial charge >= 0.3 is 0 Å². The van der Waals surface area contributed by atoms with E-state index in [4.69, 9.17) is 9.72 Å². The molecule has 4 rings (SSSR count). The Hall–Kier alpha value is -2.34. The molecule has 0 spiro atoms. The highest BCUT2D eigenvalue weighted by Crippen LogP contribution is 2.24. The number of piperidine rings is 1. The predicted octanol–water partition coefficient (Wildman–Crippen LogP) is 2.34. The second-order valence-corrected chi connectivity index (χ2v) is 6.27. The van der Waals surface area contributed by atoms with Crippen molar-refractivity contribution in [3.8, 4) is 0 Å². The molecule has 2 aliphatic rings. The van der Waals surface area contributed by atoms with Crippen molar-refractivity contribution in [2.45, 2.75) is 31.8 Å². The van der Waals surface area contributed by atoms with Crippen molar-refractivity contribution in [3.63, 3.8) is 0 Å². The lowest BCUT2D eigenvalue weighted by Crippen LogP contribution is -2.37. The number of anilines is 1. The van der Waals surface area contributed by atoms with Gasteiger partial charge in [0.1, 0.15) is 0 Å². The fourth-order valence-electron chi connectivity index (χ4n) is 3.27. The zero-order valence-electron chi connectivity index (χ0n) is 13.9. The number of fused-ring (bicyclic) bond motifs is 1. The molecule has 0 unspecified atom stereocenters. The molecule has 124 valence electrons. The fourth-order valence-corrected chi connectivity index (χ4v) is 3.27. The highest BCUT2D eigenvalue weighted by Gasteiger charge is 2.20. The highest BCUT2D eigenvalue weighted by molar-refractivity contribution is 5.75. The van der Waals surface area contributed by atoms with Crippen LogP contribution in [0.4, 0.5) is 11.6 Å². The average Bonchev–Trinajstić information content (AvgIpc) is 3.10. The summed E-state index contributed by atoms with van der Waals surface area (Å²) in [6.45, 7) is 1.88. The summed E-state index contributed by atoms with van der Waals surface area (Å²) in [4.78, 5) is 20.2. The number of rotatable bonds is 4. The van der Waals surface area contributed by atoms with Crippen molar-refractivity contribution in [1.82, 2.24) is 15.0 Å². The molecule has 24 heavy (non-hydrogen) atoms. The summed E-state index contributed by atoms with van der Waals surface area (Å²) in [5.41, 5.74) is 4.27. The van der Waals surface area contributed by atoms with Crippen LogP contribution in [0.25, 0.3) is 0 Å². The third-order valence-corrected chi connectivity index (χ3v) is 4.69. The average molecular weight is 323 g/mol.